The first-order chi connectivity index (χ1) is 14.6. The quantitative estimate of drug-likeness (QED) is 0.723. The number of ether oxygens (including phenoxy) is 1. The fourth-order valence-electron chi connectivity index (χ4n) is 4.40. The fraction of sp³-hybridized carbons (Fsp3) is 0.636. The van der Waals surface area contributed by atoms with E-state index in [2.05, 4.69) is 15.2 Å². The molecule has 1 aromatic rings. The second-order valence-electron chi connectivity index (χ2n) is 8.48. The molecular weight excluding hydrogens is 382 g/mol. The van der Waals surface area contributed by atoms with Gasteiger partial charge in [-0.25, -0.2) is 4.98 Å². The maximum atomic E-state index is 12.8. The number of pyridine rings is 1. The number of hydrogen-bond acceptors (Lipinski definition) is 6. The molecule has 8 heteroatoms. The highest BCUT2D eigenvalue weighted by Crippen LogP contribution is 2.35. The SMILES string of the molecule is N#Cc1ccc(C(=O)NC[C@@H]2CC[C@H](CC(=O)N3CCOCC3)N2CC2CC2)cn1. The number of nitrogens with one attached hydrogen (secondary N) is 1. The van der Waals surface area contributed by atoms with E-state index in [0.717, 1.165) is 25.3 Å². The third kappa shape index (κ3) is 5.15. The molecule has 1 aliphatic carbocycles. The number of likely N-dealkylation sites (tertiary alicyclic amines) is 1. The van der Waals surface area contributed by atoms with Gasteiger partial charge in [-0.1, -0.05) is 0 Å². The van der Waals surface area contributed by atoms with Crippen LogP contribution in [0, 0.1) is 17.2 Å². The number of nitriles is 1. The van der Waals surface area contributed by atoms with E-state index < -0.39 is 0 Å². The number of rotatable bonds is 7. The molecule has 0 aromatic carbocycles. The van der Waals surface area contributed by atoms with Gasteiger partial charge in [-0.3, -0.25) is 14.5 Å². The fourth-order valence-corrected chi connectivity index (χ4v) is 4.40. The van der Waals surface area contributed by atoms with Gasteiger partial charge in [0.15, 0.2) is 0 Å². The summed E-state index contributed by atoms with van der Waals surface area (Å²) < 4.78 is 5.36. The van der Waals surface area contributed by atoms with Gasteiger partial charge in [0.2, 0.25) is 5.91 Å². The van der Waals surface area contributed by atoms with Crippen molar-refractivity contribution in [1.82, 2.24) is 20.1 Å². The molecule has 2 aliphatic heterocycles. The summed E-state index contributed by atoms with van der Waals surface area (Å²) in [5.74, 6) is 0.772. The molecule has 1 saturated carbocycles. The van der Waals surface area contributed by atoms with E-state index in [1.54, 1.807) is 12.1 Å². The molecule has 3 fully saturated rings. The van der Waals surface area contributed by atoms with Gasteiger partial charge >= 0.3 is 0 Å². The number of hydrogen-bond donors (Lipinski definition) is 1. The summed E-state index contributed by atoms with van der Waals surface area (Å²) in [7, 11) is 0. The maximum absolute atomic E-state index is 12.8. The molecule has 1 aromatic heterocycles. The average molecular weight is 412 g/mol. The summed E-state index contributed by atoms with van der Waals surface area (Å²) in [4.78, 5) is 33.6. The largest absolute Gasteiger partial charge is 0.378 e. The van der Waals surface area contributed by atoms with E-state index in [1.807, 2.05) is 11.0 Å². The third-order valence-electron chi connectivity index (χ3n) is 6.35. The second kappa shape index (κ2) is 9.54. The van der Waals surface area contributed by atoms with Crippen LogP contribution in [0.2, 0.25) is 0 Å². The normalized spacial score (nSPS) is 24.4. The van der Waals surface area contributed by atoms with E-state index in [1.165, 1.54) is 19.0 Å². The summed E-state index contributed by atoms with van der Waals surface area (Å²) in [5, 5.41) is 11.9. The molecule has 8 nitrogen and oxygen atoms in total. The molecule has 0 radical (unpaired) electrons. The smallest absolute Gasteiger partial charge is 0.252 e. The van der Waals surface area contributed by atoms with Crippen LogP contribution in [0.4, 0.5) is 0 Å². The lowest BCUT2D eigenvalue weighted by Crippen LogP contribution is -2.47. The Kier molecular flexibility index (Phi) is 6.60. The molecule has 0 spiro atoms. The van der Waals surface area contributed by atoms with Gasteiger partial charge in [0.05, 0.1) is 18.8 Å². The highest BCUT2D eigenvalue weighted by atomic mass is 16.5. The number of carbonyl (C=O) groups excluding carboxylic acids is 2. The van der Waals surface area contributed by atoms with Crippen LogP contribution in [0.1, 0.15) is 48.2 Å². The Hall–Kier alpha value is -2.50. The van der Waals surface area contributed by atoms with Crippen LogP contribution in [-0.4, -0.2) is 78.1 Å². The van der Waals surface area contributed by atoms with Crippen molar-refractivity contribution in [1.29, 1.82) is 5.26 Å². The predicted molar refractivity (Wildman–Crippen MR) is 110 cm³/mol. The van der Waals surface area contributed by atoms with Gasteiger partial charge in [-0.2, -0.15) is 5.26 Å². The van der Waals surface area contributed by atoms with Crippen LogP contribution >= 0.6 is 0 Å². The topological polar surface area (TPSA) is 98.6 Å². The lowest BCUT2D eigenvalue weighted by atomic mass is 10.1. The third-order valence-corrected chi connectivity index (χ3v) is 6.35. The van der Waals surface area contributed by atoms with Crippen LogP contribution in [0.3, 0.4) is 0 Å². The van der Waals surface area contributed by atoms with Crippen molar-refractivity contribution in [2.24, 2.45) is 5.92 Å². The minimum atomic E-state index is -0.175. The Morgan fingerprint density at radius 1 is 1.17 bits per heavy atom. The van der Waals surface area contributed by atoms with Gasteiger partial charge in [-0.15, -0.1) is 0 Å². The number of aromatic nitrogens is 1. The van der Waals surface area contributed by atoms with Crippen molar-refractivity contribution in [2.75, 3.05) is 39.4 Å². The maximum Gasteiger partial charge on any atom is 0.252 e. The molecule has 30 heavy (non-hydrogen) atoms. The van der Waals surface area contributed by atoms with Gasteiger partial charge in [0, 0.05) is 50.9 Å². The van der Waals surface area contributed by atoms with Crippen LogP contribution < -0.4 is 5.32 Å². The number of morpholine rings is 1. The summed E-state index contributed by atoms with van der Waals surface area (Å²) in [6.45, 7) is 4.20. The standard InChI is InChI=1S/C22H29N5O3/c23-12-18-4-3-17(13-24-18)22(29)25-14-20-6-5-19(27(20)15-16-1-2-16)11-21(28)26-7-9-30-10-8-26/h3-4,13,16,19-20H,1-2,5-11,14-15H2,(H,25,29)/t19-,20+/m1/s1. The van der Waals surface area contributed by atoms with E-state index in [9.17, 15) is 9.59 Å². The van der Waals surface area contributed by atoms with Crippen molar-refractivity contribution in [3.63, 3.8) is 0 Å². The first-order valence-electron chi connectivity index (χ1n) is 10.9. The zero-order chi connectivity index (χ0) is 20.9. The Labute approximate surface area is 177 Å². The minimum absolute atomic E-state index is 0.175. The number of nitrogens with zero attached hydrogens (tertiary/aromatic N) is 4. The van der Waals surface area contributed by atoms with Crippen LogP contribution in [0.25, 0.3) is 0 Å². The highest BCUT2D eigenvalue weighted by Gasteiger charge is 2.38. The van der Waals surface area contributed by atoms with Gasteiger partial charge < -0.3 is 15.0 Å². The Morgan fingerprint density at radius 2 is 1.93 bits per heavy atom. The van der Waals surface area contributed by atoms with E-state index in [4.69, 9.17) is 10.00 Å². The lowest BCUT2D eigenvalue weighted by molar-refractivity contribution is -0.136. The minimum Gasteiger partial charge on any atom is -0.378 e. The molecule has 0 bridgehead atoms. The molecule has 0 unspecified atom stereocenters. The second-order valence-corrected chi connectivity index (χ2v) is 8.48. The Morgan fingerprint density at radius 3 is 2.60 bits per heavy atom. The van der Waals surface area contributed by atoms with Crippen LogP contribution in [0.15, 0.2) is 18.3 Å². The van der Waals surface area contributed by atoms with Crippen LogP contribution in [-0.2, 0) is 9.53 Å². The van der Waals surface area contributed by atoms with Crippen molar-refractivity contribution < 1.29 is 14.3 Å². The number of amides is 2. The molecule has 3 heterocycles. The van der Waals surface area contributed by atoms with E-state index >= 15 is 0 Å². The van der Waals surface area contributed by atoms with Crippen molar-refractivity contribution in [2.45, 2.75) is 44.2 Å². The zero-order valence-corrected chi connectivity index (χ0v) is 17.3. The number of carbonyl (C=O) groups is 2. The van der Waals surface area contributed by atoms with E-state index in [0.29, 0.717) is 50.5 Å². The summed E-state index contributed by atoms with van der Waals surface area (Å²) in [5.41, 5.74) is 0.755. The molecule has 2 atom stereocenters. The predicted octanol–water partition coefficient (Wildman–Crippen LogP) is 1.17. The average Bonchev–Trinajstić information content (AvgIpc) is 3.54. The molecule has 4 rings (SSSR count). The summed E-state index contributed by atoms with van der Waals surface area (Å²) in [6.07, 6.45) is 6.49. The van der Waals surface area contributed by atoms with Crippen LogP contribution in [0.5, 0.6) is 0 Å². The van der Waals surface area contributed by atoms with Gasteiger partial charge in [0.1, 0.15) is 11.8 Å². The highest BCUT2D eigenvalue weighted by molar-refractivity contribution is 5.93. The van der Waals surface area contributed by atoms with E-state index in [-0.39, 0.29) is 23.9 Å². The zero-order valence-electron chi connectivity index (χ0n) is 17.3. The summed E-state index contributed by atoms with van der Waals surface area (Å²) in [6, 6.07) is 5.64. The molecule has 1 N–H and O–H groups in total. The summed E-state index contributed by atoms with van der Waals surface area (Å²) >= 11 is 0. The molecule has 160 valence electrons. The molecule has 3 aliphatic rings. The van der Waals surface area contributed by atoms with Crippen molar-refractivity contribution in [3.05, 3.63) is 29.6 Å². The molecule has 2 amide bonds. The Bertz CT molecular complexity index is 796. The molecular formula is C22H29N5O3. The first-order valence-corrected chi connectivity index (χ1v) is 10.9. The lowest BCUT2D eigenvalue weighted by Gasteiger charge is -2.33. The van der Waals surface area contributed by atoms with Gasteiger partial charge in [-0.05, 0) is 43.7 Å². The van der Waals surface area contributed by atoms with Crippen molar-refractivity contribution in [3.8, 4) is 6.07 Å². The monoisotopic (exact) mass is 411 g/mol. The molecule has 2 saturated heterocycles. The van der Waals surface area contributed by atoms with Crippen molar-refractivity contribution >= 4 is 11.8 Å². The Balaban J connectivity index is 1.33. The van der Waals surface area contributed by atoms with Gasteiger partial charge in [0.25, 0.3) is 5.91 Å². The first kappa shape index (κ1) is 20.8.